The van der Waals surface area contributed by atoms with Crippen LogP contribution >= 0.6 is 0 Å². The molecule has 0 aromatic heterocycles. The Labute approximate surface area is 411 Å². The van der Waals surface area contributed by atoms with Gasteiger partial charge in [-0.25, -0.2) is 0 Å². The summed E-state index contributed by atoms with van der Waals surface area (Å²) < 4.78 is 0. The Bertz CT molecular complexity index is 873. The van der Waals surface area contributed by atoms with Crippen molar-refractivity contribution in [2.45, 2.75) is 231 Å². The Morgan fingerprint density at radius 1 is 0.339 bits per heavy atom. The largest absolute Gasteiger partial charge is 6.00 e. The number of nitrogens with zero attached hydrogens (tertiary/aromatic N) is 4. The molecule has 62 heavy (non-hydrogen) atoms. The second-order valence-corrected chi connectivity index (χ2v) is 19.6. The molecule has 0 bridgehead atoms. The van der Waals surface area contributed by atoms with Gasteiger partial charge in [-0.1, -0.05) is 180 Å². The summed E-state index contributed by atoms with van der Waals surface area (Å²) in [6.45, 7) is 9.23. The molecule has 370 valence electrons. The monoisotopic (exact) mass is 1050 g/mol. The topological polar surface area (TPSA) is 324 Å². The zero-order valence-electron chi connectivity index (χ0n) is 40.1. The van der Waals surface area contributed by atoms with E-state index in [1.54, 1.807) is 0 Å². The molecule has 6 rings (SSSR count). The molecule has 14 heteroatoms. The first-order chi connectivity index (χ1) is 25.7. The van der Waals surface area contributed by atoms with Gasteiger partial charge in [-0.05, 0) is 74.0 Å². The molecule has 2 saturated carbocycles. The van der Waals surface area contributed by atoms with E-state index in [4.69, 9.17) is 21.3 Å². The van der Waals surface area contributed by atoms with Crippen molar-refractivity contribution in [1.82, 2.24) is 0 Å². The van der Waals surface area contributed by atoms with Crippen LogP contribution in [0.3, 0.4) is 0 Å². The van der Waals surface area contributed by atoms with Crippen molar-refractivity contribution in [3.63, 3.8) is 0 Å². The summed E-state index contributed by atoms with van der Waals surface area (Å²) in [6.07, 6.45) is 43.1. The van der Waals surface area contributed by atoms with Crippen LogP contribution in [0.2, 0.25) is 0 Å². The zero-order chi connectivity index (χ0) is 35.8. The standard InChI is InChI=1S/C48H86N4.8H2N.2Ru/c1-3-5-7-9-11-13-19-39-33-37(41-25-29-47(51-35-41)45-21-15-17-31-49-45)23-27-43(39)44-28-24-38(34-40(44)20-14-12-10-8-6-4-2)42-26-30-48(52-36-42)46-22-16-18-32-50-46;;;;;;;;;;/h37-48H,3-36H2,1-2H3;8*1H2;;/q-4;8*-1;2*+6. The van der Waals surface area contributed by atoms with Gasteiger partial charge >= 0.3 is 39.0 Å². The number of hydrogen-bond acceptors (Lipinski definition) is 0. The summed E-state index contributed by atoms with van der Waals surface area (Å²) in [5, 5.41) is 20.8. The van der Waals surface area contributed by atoms with Crippen LogP contribution in [-0.2, 0) is 39.0 Å². The van der Waals surface area contributed by atoms with Crippen molar-refractivity contribution in [1.29, 1.82) is 0 Å². The molecule has 6 fully saturated rings. The Morgan fingerprint density at radius 3 is 1.00 bits per heavy atom. The molecule has 0 amide bonds. The van der Waals surface area contributed by atoms with Gasteiger partial charge in [0.25, 0.3) is 0 Å². The number of nitrogens with two attached hydrogens (primary N) is 8. The van der Waals surface area contributed by atoms with Gasteiger partial charge in [0.2, 0.25) is 0 Å². The van der Waals surface area contributed by atoms with Gasteiger partial charge in [0.15, 0.2) is 0 Å². The molecule has 12 atom stereocenters. The quantitative estimate of drug-likeness (QED) is 0.0860. The predicted octanol–water partition coefficient (Wildman–Crippen LogP) is 20.4. The third-order valence-corrected chi connectivity index (χ3v) is 16.2. The number of rotatable bonds is 19. The minimum absolute atomic E-state index is 0. The fourth-order valence-electron chi connectivity index (χ4n) is 13.0. The second kappa shape index (κ2) is 40.8. The van der Waals surface area contributed by atoms with Gasteiger partial charge in [0.1, 0.15) is 0 Å². The molecule has 0 aromatic carbocycles. The Kier molecular flexibility index (Phi) is 47.2. The minimum Gasteiger partial charge on any atom is -0.693 e. The summed E-state index contributed by atoms with van der Waals surface area (Å²) >= 11 is 0. The van der Waals surface area contributed by atoms with E-state index >= 15 is 0 Å². The maximum atomic E-state index is 5.40. The van der Waals surface area contributed by atoms with Crippen LogP contribution in [0.15, 0.2) is 0 Å². The summed E-state index contributed by atoms with van der Waals surface area (Å²) in [6, 6.07) is 2.21. The molecular formula is C48H102N12Ru2. The minimum atomic E-state index is 0. The van der Waals surface area contributed by atoms with E-state index in [0.29, 0.717) is 24.2 Å². The van der Waals surface area contributed by atoms with E-state index in [2.05, 4.69) is 13.8 Å². The van der Waals surface area contributed by atoms with Gasteiger partial charge in [-0.15, -0.1) is 26.2 Å². The maximum absolute atomic E-state index is 5.40. The molecule has 12 unspecified atom stereocenters. The first kappa shape index (κ1) is 71.8. The molecule has 4 saturated heterocycles. The zero-order valence-corrected chi connectivity index (χ0v) is 43.6. The van der Waals surface area contributed by atoms with Gasteiger partial charge < -0.3 is 70.5 Å². The summed E-state index contributed by atoms with van der Waals surface area (Å²) in [7, 11) is 0. The summed E-state index contributed by atoms with van der Waals surface area (Å²) in [4.78, 5) is 0. The van der Waals surface area contributed by atoms with Crippen LogP contribution in [0.25, 0.3) is 70.5 Å². The van der Waals surface area contributed by atoms with Gasteiger partial charge in [-0.2, -0.15) is 24.2 Å². The fourth-order valence-corrected chi connectivity index (χ4v) is 13.0. The van der Waals surface area contributed by atoms with Crippen LogP contribution in [-0.4, -0.2) is 50.3 Å². The Morgan fingerprint density at radius 2 is 0.677 bits per heavy atom. The van der Waals surface area contributed by atoms with Crippen LogP contribution in [0, 0.1) is 47.3 Å². The average molecular weight is 1050 g/mol. The molecule has 0 aromatic rings. The molecule has 4 heterocycles. The third kappa shape index (κ3) is 22.3. The van der Waals surface area contributed by atoms with Crippen molar-refractivity contribution in [3.05, 3.63) is 70.5 Å². The van der Waals surface area contributed by atoms with Crippen molar-refractivity contribution in [2.24, 2.45) is 47.3 Å². The van der Waals surface area contributed by atoms with Crippen molar-refractivity contribution in [3.8, 4) is 0 Å². The number of unbranched alkanes of at least 4 members (excludes halogenated alkanes) is 10. The smallest absolute Gasteiger partial charge is 0.693 e. The van der Waals surface area contributed by atoms with Crippen LogP contribution < -0.4 is 0 Å². The third-order valence-electron chi connectivity index (χ3n) is 16.2. The van der Waals surface area contributed by atoms with Gasteiger partial charge in [0.05, 0.1) is 0 Å². The molecule has 12 nitrogen and oxygen atoms in total. The van der Waals surface area contributed by atoms with Crippen LogP contribution in [0.5, 0.6) is 0 Å². The SMILES string of the molecule is CCCCCCCCC1CC(C2CCC(C3CCCC[N-]3)[N-]C2)CCC1C1CCC(C2CCC(C3CCCC[N-]3)[N-]C2)CC1CCCCCCCC.[NH2-].[NH2-].[NH2-].[NH2-].[NH2-].[NH2-].[NH2-].[NH2-].[Ru+6].[Ru+6]. The predicted molar refractivity (Wildman–Crippen MR) is 268 cm³/mol. The molecule has 0 radical (unpaired) electrons. The van der Waals surface area contributed by atoms with E-state index in [1.807, 2.05) is 0 Å². The first-order valence-electron chi connectivity index (χ1n) is 24.4. The van der Waals surface area contributed by atoms with Crippen LogP contribution in [0.1, 0.15) is 206 Å². The van der Waals surface area contributed by atoms with Crippen molar-refractivity contribution in [2.75, 3.05) is 26.2 Å². The first-order valence-corrected chi connectivity index (χ1v) is 24.4. The summed E-state index contributed by atoms with van der Waals surface area (Å²) in [5.41, 5.74) is 0. The van der Waals surface area contributed by atoms with Crippen molar-refractivity contribution < 1.29 is 39.0 Å². The van der Waals surface area contributed by atoms with E-state index in [0.717, 1.165) is 73.5 Å². The normalized spacial score (nSPS) is 33.0. The van der Waals surface area contributed by atoms with Gasteiger partial charge in [-0.3, -0.25) is 0 Å². The van der Waals surface area contributed by atoms with Crippen molar-refractivity contribution >= 4 is 0 Å². The number of piperidine rings is 4. The second-order valence-electron chi connectivity index (χ2n) is 19.6. The molecular weight excluding hydrogens is 947 g/mol. The maximum Gasteiger partial charge on any atom is 6.00 e. The molecule has 0 spiro atoms. The Hall–Kier alpha value is 0.767. The van der Waals surface area contributed by atoms with Crippen LogP contribution in [0.4, 0.5) is 0 Å². The van der Waals surface area contributed by atoms with E-state index in [1.165, 1.54) is 193 Å². The molecule has 2 aliphatic carbocycles. The van der Waals surface area contributed by atoms with E-state index in [9.17, 15) is 0 Å². The number of hydrogen-bond donors (Lipinski definition) is 0. The fraction of sp³-hybridized carbons (Fsp3) is 1.00. The van der Waals surface area contributed by atoms with E-state index < -0.39 is 0 Å². The molecule has 4 aliphatic heterocycles. The average Bonchev–Trinajstić information content (AvgIpc) is 3.21. The van der Waals surface area contributed by atoms with Gasteiger partial charge in [0, 0.05) is 0 Å². The summed E-state index contributed by atoms with van der Waals surface area (Å²) in [5.74, 6) is 7.57. The van der Waals surface area contributed by atoms with E-state index in [-0.39, 0.29) is 88.2 Å². The molecule has 6 aliphatic rings. The Balaban J connectivity index is -0.00000108. The molecule has 16 N–H and O–H groups in total.